The summed E-state index contributed by atoms with van der Waals surface area (Å²) in [4.78, 5) is 43.5. The summed E-state index contributed by atoms with van der Waals surface area (Å²) in [5.41, 5.74) is 1.98. The Morgan fingerprint density at radius 3 is 2.58 bits per heavy atom. The lowest BCUT2D eigenvalue weighted by Crippen LogP contribution is -2.50. The predicted molar refractivity (Wildman–Crippen MR) is 142 cm³/mol. The highest BCUT2D eigenvalue weighted by atomic mass is 32.2. The second-order valence-electron chi connectivity index (χ2n) is 10.5. The lowest BCUT2D eigenvalue weighted by Gasteiger charge is -2.37. The number of aromatic nitrogens is 2. The molecule has 192 valence electrons. The molecule has 0 aliphatic carbocycles. The molecule has 1 atom stereocenters. The number of hydrogen-bond donors (Lipinski definition) is 0. The van der Waals surface area contributed by atoms with Gasteiger partial charge in [0, 0.05) is 62.9 Å². The van der Waals surface area contributed by atoms with E-state index in [2.05, 4.69) is 26.9 Å². The van der Waals surface area contributed by atoms with Crippen molar-refractivity contribution in [1.29, 1.82) is 0 Å². The van der Waals surface area contributed by atoms with E-state index in [-0.39, 0.29) is 18.0 Å². The first kappa shape index (κ1) is 24.7. The molecule has 2 saturated heterocycles. The molecule has 3 aliphatic heterocycles. The Bertz CT molecular complexity index is 1140. The summed E-state index contributed by atoms with van der Waals surface area (Å²) in [5.74, 6) is 0.706. The molecule has 2 aromatic rings. The smallest absolute Gasteiger partial charge is 0.410 e. The summed E-state index contributed by atoms with van der Waals surface area (Å²) in [6.45, 7) is 9.80. The molecular weight excluding hydrogens is 476 g/mol. The molecule has 3 aliphatic rings. The minimum absolute atomic E-state index is 0.0565. The molecular formula is C26H34N6O3S. The summed E-state index contributed by atoms with van der Waals surface area (Å²) >= 11 is 1.49. The molecule has 1 aromatic carbocycles. The summed E-state index contributed by atoms with van der Waals surface area (Å²) in [5, 5.41) is 0.688. The van der Waals surface area contributed by atoms with Gasteiger partial charge in [-0.2, -0.15) is 0 Å². The number of amides is 2. The van der Waals surface area contributed by atoms with Gasteiger partial charge in [-0.1, -0.05) is 17.8 Å². The third-order valence-electron chi connectivity index (χ3n) is 6.89. The van der Waals surface area contributed by atoms with Crippen molar-refractivity contribution in [2.24, 2.45) is 0 Å². The van der Waals surface area contributed by atoms with Crippen molar-refractivity contribution in [3.8, 4) is 0 Å². The molecule has 2 fully saturated rings. The van der Waals surface area contributed by atoms with Gasteiger partial charge in [0.2, 0.25) is 0 Å². The standard InChI is InChI=1S/C26H34N6O3S/c1-26(2,3)35-25(34)30-13-11-29(12-14-30)18-7-5-8-19(15-18)32-17-20-9-6-10-31(20)22-21(23(32)33)16-27-24(28-22)36-4/h5,7-8,15-16,20H,6,9-14,17H2,1-4H3. The number of anilines is 3. The van der Waals surface area contributed by atoms with Crippen LogP contribution in [0.15, 0.2) is 35.6 Å². The molecule has 0 bridgehead atoms. The molecule has 1 unspecified atom stereocenters. The van der Waals surface area contributed by atoms with Gasteiger partial charge >= 0.3 is 6.09 Å². The largest absolute Gasteiger partial charge is 0.444 e. The number of ether oxygens (including phenoxy) is 1. The van der Waals surface area contributed by atoms with Crippen molar-refractivity contribution >= 4 is 41.0 Å². The normalized spacial score (nSPS) is 20.2. The first-order chi connectivity index (χ1) is 17.2. The van der Waals surface area contributed by atoms with Crippen LogP contribution in [0.3, 0.4) is 0 Å². The van der Waals surface area contributed by atoms with Crippen LogP contribution in [-0.2, 0) is 4.74 Å². The van der Waals surface area contributed by atoms with E-state index in [9.17, 15) is 9.59 Å². The highest BCUT2D eigenvalue weighted by Crippen LogP contribution is 2.35. The fourth-order valence-corrected chi connectivity index (χ4v) is 5.46. The molecule has 0 spiro atoms. The number of rotatable bonds is 3. The molecule has 0 saturated carbocycles. The number of hydrogen-bond acceptors (Lipinski definition) is 8. The third-order valence-corrected chi connectivity index (χ3v) is 7.45. The molecule has 0 radical (unpaired) electrons. The average Bonchev–Trinajstić information content (AvgIpc) is 3.30. The Labute approximate surface area is 216 Å². The van der Waals surface area contributed by atoms with E-state index < -0.39 is 5.60 Å². The van der Waals surface area contributed by atoms with E-state index in [0.29, 0.717) is 43.4 Å². The van der Waals surface area contributed by atoms with Crippen molar-refractivity contribution in [2.75, 3.05) is 60.2 Å². The van der Waals surface area contributed by atoms with Crippen molar-refractivity contribution in [3.05, 3.63) is 36.0 Å². The molecule has 36 heavy (non-hydrogen) atoms. The molecule has 2 amide bonds. The third kappa shape index (κ3) is 4.96. The van der Waals surface area contributed by atoms with Crippen molar-refractivity contribution in [2.45, 2.75) is 50.4 Å². The van der Waals surface area contributed by atoms with Gasteiger partial charge in [-0.05, 0) is 58.1 Å². The molecule has 4 heterocycles. The molecule has 5 rings (SSSR count). The monoisotopic (exact) mass is 510 g/mol. The quantitative estimate of drug-likeness (QED) is 0.455. The van der Waals surface area contributed by atoms with Crippen molar-refractivity contribution in [3.63, 3.8) is 0 Å². The first-order valence-electron chi connectivity index (χ1n) is 12.6. The minimum Gasteiger partial charge on any atom is -0.444 e. The van der Waals surface area contributed by atoms with Crippen LogP contribution in [0.5, 0.6) is 0 Å². The van der Waals surface area contributed by atoms with Crippen LogP contribution in [-0.4, -0.2) is 84.0 Å². The number of nitrogens with zero attached hydrogens (tertiary/aromatic N) is 6. The van der Waals surface area contributed by atoms with Gasteiger partial charge in [-0.25, -0.2) is 14.8 Å². The number of fused-ring (bicyclic) bond motifs is 3. The molecule has 9 nitrogen and oxygen atoms in total. The van der Waals surface area contributed by atoms with Crippen molar-refractivity contribution < 1.29 is 14.3 Å². The zero-order valence-corrected chi connectivity index (χ0v) is 22.3. The number of carbonyl (C=O) groups excluding carboxylic acids is 2. The van der Waals surface area contributed by atoms with Crippen LogP contribution in [0.4, 0.5) is 22.0 Å². The molecule has 10 heteroatoms. The zero-order chi connectivity index (χ0) is 25.4. The van der Waals surface area contributed by atoms with Crippen LogP contribution in [0.1, 0.15) is 44.0 Å². The lowest BCUT2D eigenvalue weighted by atomic mass is 10.1. The van der Waals surface area contributed by atoms with Crippen LogP contribution < -0.4 is 14.7 Å². The fourth-order valence-electron chi connectivity index (χ4n) is 5.12. The molecule has 1 aromatic heterocycles. The van der Waals surface area contributed by atoms with E-state index >= 15 is 0 Å². The Hall–Kier alpha value is -3.01. The topological polar surface area (TPSA) is 82.1 Å². The van der Waals surface area contributed by atoms with Gasteiger partial charge in [0.1, 0.15) is 17.0 Å². The second kappa shape index (κ2) is 9.80. The average molecular weight is 511 g/mol. The first-order valence-corrected chi connectivity index (χ1v) is 13.8. The summed E-state index contributed by atoms with van der Waals surface area (Å²) in [6.07, 6.45) is 5.50. The predicted octanol–water partition coefficient (Wildman–Crippen LogP) is 3.88. The highest BCUT2D eigenvalue weighted by Gasteiger charge is 2.37. The highest BCUT2D eigenvalue weighted by molar-refractivity contribution is 7.98. The van der Waals surface area contributed by atoms with Gasteiger partial charge in [0.25, 0.3) is 5.91 Å². The van der Waals surface area contributed by atoms with Gasteiger partial charge in [0.05, 0.1) is 0 Å². The maximum Gasteiger partial charge on any atom is 0.410 e. The van der Waals surface area contributed by atoms with Crippen LogP contribution in [0.25, 0.3) is 0 Å². The van der Waals surface area contributed by atoms with E-state index in [0.717, 1.165) is 36.6 Å². The zero-order valence-electron chi connectivity index (χ0n) is 21.4. The maximum atomic E-state index is 13.7. The number of piperazine rings is 1. The lowest BCUT2D eigenvalue weighted by molar-refractivity contribution is 0.0240. The van der Waals surface area contributed by atoms with E-state index in [1.165, 1.54) is 11.8 Å². The van der Waals surface area contributed by atoms with Gasteiger partial charge in [-0.3, -0.25) is 4.79 Å². The van der Waals surface area contributed by atoms with Gasteiger partial charge < -0.3 is 24.3 Å². The van der Waals surface area contributed by atoms with E-state index in [4.69, 9.17) is 9.72 Å². The minimum atomic E-state index is -0.502. The summed E-state index contributed by atoms with van der Waals surface area (Å²) in [7, 11) is 0. The SMILES string of the molecule is CSc1ncc2c(n1)N1CCCC1CN(c1cccc(N3CCN(C(=O)OC(C)(C)C)CC3)c1)C2=O. The fraction of sp³-hybridized carbons (Fsp3) is 0.538. The number of benzene rings is 1. The summed E-state index contributed by atoms with van der Waals surface area (Å²) < 4.78 is 5.53. The van der Waals surface area contributed by atoms with Gasteiger partial charge in [0.15, 0.2) is 5.16 Å². The Morgan fingerprint density at radius 2 is 1.86 bits per heavy atom. The Morgan fingerprint density at radius 1 is 1.11 bits per heavy atom. The van der Waals surface area contributed by atoms with E-state index in [1.54, 1.807) is 11.1 Å². The van der Waals surface area contributed by atoms with Gasteiger partial charge in [-0.15, -0.1) is 0 Å². The Balaban J connectivity index is 1.36. The molecule has 0 N–H and O–H groups in total. The van der Waals surface area contributed by atoms with E-state index in [1.807, 2.05) is 44.1 Å². The maximum absolute atomic E-state index is 13.7. The van der Waals surface area contributed by atoms with Crippen LogP contribution in [0, 0.1) is 0 Å². The van der Waals surface area contributed by atoms with Crippen LogP contribution >= 0.6 is 11.8 Å². The second-order valence-corrected chi connectivity index (χ2v) is 11.2. The summed E-state index contributed by atoms with van der Waals surface area (Å²) in [6, 6.07) is 8.39. The Kier molecular flexibility index (Phi) is 6.72. The van der Waals surface area contributed by atoms with Crippen LogP contribution in [0.2, 0.25) is 0 Å². The number of thioether (sulfide) groups is 1. The number of carbonyl (C=O) groups is 2. The van der Waals surface area contributed by atoms with Crippen molar-refractivity contribution in [1.82, 2.24) is 14.9 Å².